The molecule has 1 heterocycles. The minimum Gasteiger partial charge on any atom is -0.345 e. The van der Waals surface area contributed by atoms with Crippen LogP contribution >= 0.6 is 28.3 Å². The van der Waals surface area contributed by atoms with E-state index in [0.29, 0.717) is 23.0 Å². The summed E-state index contributed by atoms with van der Waals surface area (Å²) in [5.41, 5.74) is 5.92. The normalized spacial score (nSPS) is 13.5. The second-order valence-electron chi connectivity index (χ2n) is 5.94. The molecule has 0 spiro atoms. The lowest BCUT2D eigenvalue weighted by molar-refractivity contribution is 0.0885. The van der Waals surface area contributed by atoms with Gasteiger partial charge in [-0.15, -0.1) is 12.4 Å². The maximum atomic E-state index is 12.7. The van der Waals surface area contributed by atoms with Crippen molar-refractivity contribution in [2.24, 2.45) is 11.7 Å². The summed E-state index contributed by atoms with van der Waals surface area (Å²) in [5.74, 6) is -0.128. The number of H-pyrrole nitrogens is 1. The van der Waals surface area contributed by atoms with Gasteiger partial charge in [0.05, 0.1) is 16.6 Å². The van der Waals surface area contributed by atoms with Crippen LogP contribution in [0.4, 0.5) is 0 Å². The molecule has 0 saturated heterocycles. The first-order valence-corrected chi connectivity index (χ1v) is 7.92. The molecule has 4 N–H and O–H groups in total. The number of halogens is 2. The Morgan fingerprint density at radius 3 is 2.65 bits per heavy atom. The molecule has 0 radical (unpaired) electrons. The van der Waals surface area contributed by atoms with Crippen LogP contribution in [0.2, 0.25) is 0 Å². The van der Waals surface area contributed by atoms with Crippen LogP contribution in [0.3, 0.4) is 0 Å². The van der Waals surface area contributed by atoms with Crippen molar-refractivity contribution in [3.8, 4) is 0 Å². The molecule has 1 unspecified atom stereocenters. The van der Waals surface area contributed by atoms with Crippen molar-refractivity contribution in [1.29, 1.82) is 0 Å². The number of nitrogens with one attached hydrogen (secondary N) is 2. The molecule has 0 aliphatic rings. The highest BCUT2D eigenvalue weighted by Gasteiger charge is 2.29. The molecule has 0 aliphatic carbocycles. The Hall–Kier alpha value is -1.37. The Labute approximate surface area is 149 Å². The second-order valence-corrected chi connectivity index (χ2v) is 6.79. The van der Waals surface area contributed by atoms with Crippen LogP contribution in [0.15, 0.2) is 33.5 Å². The zero-order valence-corrected chi connectivity index (χ0v) is 15.7. The highest BCUT2D eigenvalue weighted by Crippen LogP contribution is 2.24. The highest BCUT2D eigenvalue weighted by molar-refractivity contribution is 9.10. The topological polar surface area (TPSA) is 88.0 Å². The number of nitrogens with two attached hydrogens (primary N) is 1. The van der Waals surface area contributed by atoms with Crippen molar-refractivity contribution >= 4 is 45.1 Å². The van der Waals surface area contributed by atoms with Gasteiger partial charge in [0.15, 0.2) is 0 Å². The fourth-order valence-corrected chi connectivity index (χ4v) is 2.65. The average molecular weight is 403 g/mol. The van der Waals surface area contributed by atoms with Crippen molar-refractivity contribution in [3.05, 3.63) is 44.7 Å². The number of amides is 1. The van der Waals surface area contributed by atoms with E-state index in [1.54, 1.807) is 6.07 Å². The van der Waals surface area contributed by atoms with Crippen molar-refractivity contribution in [3.63, 3.8) is 0 Å². The molecule has 1 amide bonds. The number of para-hydroxylation sites is 1. The first-order valence-electron chi connectivity index (χ1n) is 7.12. The summed E-state index contributed by atoms with van der Waals surface area (Å²) >= 11 is 3.39. The Balaban J connectivity index is 0.00000264. The molecule has 0 saturated carbocycles. The van der Waals surface area contributed by atoms with E-state index >= 15 is 0 Å². The lowest BCUT2D eigenvalue weighted by Gasteiger charge is -2.33. The average Bonchev–Trinajstić information content (AvgIpc) is 2.47. The largest absolute Gasteiger partial charge is 0.345 e. The number of pyridine rings is 1. The third-order valence-electron chi connectivity index (χ3n) is 4.17. The number of hydrogen-bond acceptors (Lipinski definition) is 3. The predicted molar refractivity (Wildman–Crippen MR) is 99.3 cm³/mol. The molecule has 5 nitrogen and oxygen atoms in total. The molecule has 0 aliphatic heterocycles. The Morgan fingerprint density at radius 2 is 2.09 bits per heavy atom. The molecule has 1 aromatic heterocycles. The summed E-state index contributed by atoms with van der Waals surface area (Å²) in [5, 5.41) is 3.66. The molecular formula is C16H21BrClN3O2. The van der Waals surface area contributed by atoms with E-state index in [1.165, 1.54) is 6.07 Å². The van der Waals surface area contributed by atoms with Crippen molar-refractivity contribution < 1.29 is 4.79 Å². The fraction of sp³-hybridized carbons (Fsp3) is 0.375. The van der Waals surface area contributed by atoms with E-state index in [1.807, 2.05) is 32.9 Å². The lowest BCUT2D eigenvalue weighted by atomic mass is 9.88. The summed E-state index contributed by atoms with van der Waals surface area (Å²) in [6.07, 6.45) is 0. The smallest absolute Gasteiger partial charge is 0.252 e. The van der Waals surface area contributed by atoms with E-state index in [2.05, 4.69) is 26.2 Å². The molecule has 1 atom stereocenters. The summed E-state index contributed by atoms with van der Waals surface area (Å²) in [4.78, 5) is 27.3. The van der Waals surface area contributed by atoms with E-state index in [-0.39, 0.29) is 29.8 Å². The number of carbonyl (C=O) groups excluding carboxylic acids is 1. The van der Waals surface area contributed by atoms with Gasteiger partial charge in [-0.05, 0) is 34.8 Å². The molecule has 126 valence electrons. The Kier molecular flexibility index (Phi) is 6.39. The van der Waals surface area contributed by atoms with Crippen molar-refractivity contribution in [2.75, 3.05) is 6.54 Å². The van der Waals surface area contributed by atoms with E-state index in [9.17, 15) is 9.59 Å². The van der Waals surface area contributed by atoms with Gasteiger partial charge >= 0.3 is 0 Å². The summed E-state index contributed by atoms with van der Waals surface area (Å²) in [6.45, 7) is 6.22. The van der Waals surface area contributed by atoms with E-state index < -0.39 is 5.54 Å². The first kappa shape index (κ1) is 19.7. The first-order chi connectivity index (χ1) is 10.3. The number of aromatic amines is 1. The maximum Gasteiger partial charge on any atom is 0.252 e. The van der Waals surface area contributed by atoms with Gasteiger partial charge in [-0.2, -0.15) is 0 Å². The molecule has 7 heteroatoms. The quantitative estimate of drug-likeness (QED) is 0.735. The van der Waals surface area contributed by atoms with Crippen LogP contribution in [-0.4, -0.2) is 23.0 Å². The van der Waals surface area contributed by atoms with Gasteiger partial charge in [-0.25, -0.2) is 0 Å². The zero-order valence-electron chi connectivity index (χ0n) is 13.3. The Bertz CT molecular complexity index is 775. The zero-order chi connectivity index (χ0) is 16.5. The molecule has 0 bridgehead atoms. The number of rotatable bonds is 4. The van der Waals surface area contributed by atoms with Crippen LogP contribution in [0.1, 0.15) is 31.1 Å². The summed E-state index contributed by atoms with van der Waals surface area (Å²) in [6, 6.07) is 6.77. The van der Waals surface area contributed by atoms with Gasteiger partial charge in [-0.3, -0.25) is 9.59 Å². The maximum absolute atomic E-state index is 12.7. The van der Waals surface area contributed by atoms with E-state index in [4.69, 9.17) is 5.73 Å². The summed E-state index contributed by atoms with van der Waals surface area (Å²) in [7, 11) is 0. The molecule has 2 rings (SSSR count). The number of carbonyl (C=O) groups is 1. The molecule has 0 fully saturated rings. The van der Waals surface area contributed by atoms with Crippen LogP contribution < -0.4 is 16.6 Å². The van der Waals surface area contributed by atoms with Crippen molar-refractivity contribution in [2.45, 2.75) is 26.3 Å². The molecule has 23 heavy (non-hydrogen) atoms. The monoisotopic (exact) mass is 401 g/mol. The number of hydrogen-bond donors (Lipinski definition) is 3. The molecule has 1 aromatic carbocycles. The van der Waals surface area contributed by atoms with Crippen LogP contribution in [0.5, 0.6) is 0 Å². The van der Waals surface area contributed by atoms with Gasteiger partial charge in [0.25, 0.3) is 5.91 Å². The summed E-state index contributed by atoms with van der Waals surface area (Å²) < 4.78 is 0.738. The number of fused-ring (bicyclic) bond motifs is 1. The van der Waals surface area contributed by atoms with Crippen molar-refractivity contribution in [1.82, 2.24) is 10.3 Å². The van der Waals surface area contributed by atoms with Crippen LogP contribution in [-0.2, 0) is 0 Å². The van der Waals surface area contributed by atoms with Gasteiger partial charge in [0.2, 0.25) is 5.56 Å². The number of aromatic nitrogens is 1. The predicted octanol–water partition coefficient (Wildman–Crippen LogP) is 2.82. The number of benzene rings is 1. The second kappa shape index (κ2) is 7.47. The van der Waals surface area contributed by atoms with Gasteiger partial charge in [0, 0.05) is 22.5 Å². The minimum atomic E-state index is -0.530. The SMILES string of the molecule is CC(C)C(C)(CN)NC(=O)c1cc(=O)[nH]c2c(Br)cccc12.Cl. The Morgan fingerprint density at radius 1 is 1.43 bits per heavy atom. The highest BCUT2D eigenvalue weighted by atomic mass is 79.9. The molecule has 2 aromatic rings. The van der Waals surface area contributed by atoms with Gasteiger partial charge < -0.3 is 16.0 Å². The van der Waals surface area contributed by atoms with E-state index in [0.717, 1.165) is 4.47 Å². The molecular weight excluding hydrogens is 382 g/mol. The van der Waals surface area contributed by atoms with Crippen LogP contribution in [0, 0.1) is 5.92 Å². The van der Waals surface area contributed by atoms with Crippen LogP contribution in [0.25, 0.3) is 10.9 Å². The third kappa shape index (κ3) is 3.94. The van der Waals surface area contributed by atoms with Gasteiger partial charge in [0.1, 0.15) is 0 Å². The minimum absolute atomic E-state index is 0. The van der Waals surface area contributed by atoms with Gasteiger partial charge in [-0.1, -0.05) is 26.0 Å². The third-order valence-corrected chi connectivity index (χ3v) is 4.83. The fourth-order valence-electron chi connectivity index (χ4n) is 2.19. The standard InChI is InChI=1S/C16H20BrN3O2.ClH/c1-9(2)16(3,8-18)20-15(22)11-7-13(21)19-14-10(11)5-4-6-12(14)17;/h4-7,9H,8,18H2,1-3H3,(H,19,21)(H,20,22);1H. The lowest BCUT2D eigenvalue weighted by Crippen LogP contribution is -2.55.